The van der Waals surface area contributed by atoms with E-state index in [1.165, 1.54) is 0 Å². The minimum atomic E-state index is 0.0113. The fraction of sp³-hybridized carbons (Fsp3) is 0.350. The van der Waals surface area contributed by atoms with Crippen LogP contribution in [0.3, 0.4) is 0 Å². The van der Waals surface area contributed by atoms with Crippen LogP contribution in [0.15, 0.2) is 36.4 Å². The molecule has 0 fully saturated rings. The van der Waals surface area contributed by atoms with E-state index >= 15 is 0 Å². The van der Waals surface area contributed by atoms with E-state index in [9.17, 15) is 4.79 Å². The third-order valence-corrected chi connectivity index (χ3v) is 4.05. The highest BCUT2D eigenvalue weighted by Gasteiger charge is 2.07. The van der Waals surface area contributed by atoms with Crippen molar-refractivity contribution in [3.8, 4) is 11.5 Å². The number of carbonyl (C=O) groups excluding carboxylic acids is 1. The molecule has 0 saturated carbocycles. The Morgan fingerprint density at radius 2 is 1.68 bits per heavy atom. The van der Waals surface area contributed by atoms with Crippen LogP contribution in [0.5, 0.6) is 11.5 Å². The van der Waals surface area contributed by atoms with Crippen molar-refractivity contribution in [2.24, 2.45) is 0 Å². The first-order valence-corrected chi connectivity index (χ1v) is 8.33. The molecule has 0 aliphatic heterocycles. The van der Waals surface area contributed by atoms with Crippen molar-refractivity contribution in [1.82, 2.24) is 5.32 Å². The van der Waals surface area contributed by atoms with Crippen LogP contribution in [0.2, 0.25) is 0 Å². The average molecular weight is 342 g/mol. The Morgan fingerprint density at radius 1 is 1.00 bits per heavy atom. The molecule has 0 radical (unpaired) electrons. The van der Waals surface area contributed by atoms with Gasteiger partial charge in [-0.15, -0.1) is 0 Å². The van der Waals surface area contributed by atoms with Gasteiger partial charge in [-0.3, -0.25) is 4.79 Å². The minimum absolute atomic E-state index is 0.0113. The molecule has 0 aliphatic rings. The van der Waals surface area contributed by atoms with Crippen molar-refractivity contribution in [2.75, 3.05) is 26.1 Å². The van der Waals surface area contributed by atoms with Gasteiger partial charge < -0.3 is 20.1 Å². The summed E-state index contributed by atoms with van der Waals surface area (Å²) in [6.45, 7) is 5.26. The van der Waals surface area contributed by atoms with E-state index in [0.29, 0.717) is 31.0 Å². The SMILES string of the molecule is COc1ccc(CNCCC(=O)Nc2c(C)cccc2C)cc1OC. The summed E-state index contributed by atoms with van der Waals surface area (Å²) in [5.41, 5.74) is 4.14. The summed E-state index contributed by atoms with van der Waals surface area (Å²) in [5, 5.41) is 6.27. The Balaban J connectivity index is 1.80. The molecule has 2 aromatic carbocycles. The van der Waals surface area contributed by atoms with Crippen LogP contribution in [-0.2, 0) is 11.3 Å². The molecule has 0 saturated heterocycles. The van der Waals surface area contributed by atoms with Gasteiger partial charge in [0.15, 0.2) is 11.5 Å². The molecule has 0 spiro atoms. The number of hydrogen-bond donors (Lipinski definition) is 2. The summed E-state index contributed by atoms with van der Waals surface area (Å²) in [6, 6.07) is 11.8. The van der Waals surface area contributed by atoms with Crippen molar-refractivity contribution >= 4 is 11.6 Å². The van der Waals surface area contributed by atoms with E-state index < -0.39 is 0 Å². The fourth-order valence-corrected chi connectivity index (χ4v) is 2.64. The van der Waals surface area contributed by atoms with Crippen LogP contribution >= 0.6 is 0 Å². The molecule has 5 heteroatoms. The first-order chi connectivity index (χ1) is 12.0. The van der Waals surface area contributed by atoms with Crippen molar-refractivity contribution in [3.05, 3.63) is 53.1 Å². The van der Waals surface area contributed by atoms with Crippen LogP contribution in [0.1, 0.15) is 23.1 Å². The number of nitrogens with one attached hydrogen (secondary N) is 2. The lowest BCUT2D eigenvalue weighted by molar-refractivity contribution is -0.116. The Hall–Kier alpha value is -2.53. The molecule has 0 bridgehead atoms. The number of methoxy groups -OCH3 is 2. The summed E-state index contributed by atoms with van der Waals surface area (Å²) >= 11 is 0. The molecule has 25 heavy (non-hydrogen) atoms. The van der Waals surface area contributed by atoms with Gasteiger partial charge in [0.05, 0.1) is 14.2 Å². The lowest BCUT2D eigenvalue weighted by Gasteiger charge is -2.12. The minimum Gasteiger partial charge on any atom is -0.493 e. The molecule has 0 unspecified atom stereocenters. The van der Waals surface area contributed by atoms with Gasteiger partial charge in [0.25, 0.3) is 0 Å². The third kappa shape index (κ3) is 5.22. The highest BCUT2D eigenvalue weighted by atomic mass is 16.5. The Kier molecular flexibility index (Phi) is 6.83. The van der Waals surface area contributed by atoms with E-state index in [1.54, 1.807) is 14.2 Å². The second-order valence-corrected chi connectivity index (χ2v) is 5.93. The van der Waals surface area contributed by atoms with Crippen molar-refractivity contribution in [3.63, 3.8) is 0 Å². The number of para-hydroxylation sites is 1. The predicted molar refractivity (Wildman–Crippen MR) is 100 cm³/mol. The number of anilines is 1. The molecule has 2 aromatic rings. The lowest BCUT2D eigenvalue weighted by atomic mass is 10.1. The van der Waals surface area contributed by atoms with Crippen LogP contribution in [0.4, 0.5) is 5.69 Å². The standard InChI is InChI=1S/C20H26N2O3/c1-14-6-5-7-15(2)20(14)22-19(23)10-11-21-13-16-8-9-17(24-3)18(12-16)25-4/h5-9,12,21H,10-11,13H2,1-4H3,(H,22,23). The first kappa shape index (κ1) is 18.8. The number of carbonyl (C=O) groups is 1. The average Bonchev–Trinajstić information content (AvgIpc) is 2.61. The van der Waals surface area contributed by atoms with Gasteiger partial charge in [0.1, 0.15) is 0 Å². The van der Waals surface area contributed by atoms with E-state index in [2.05, 4.69) is 10.6 Å². The van der Waals surface area contributed by atoms with Gasteiger partial charge in [0, 0.05) is 25.2 Å². The summed E-state index contributed by atoms with van der Waals surface area (Å²) in [7, 11) is 3.23. The predicted octanol–water partition coefficient (Wildman–Crippen LogP) is 3.44. The number of hydrogen-bond acceptors (Lipinski definition) is 4. The summed E-state index contributed by atoms with van der Waals surface area (Å²) in [6.07, 6.45) is 0.418. The molecule has 5 nitrogen and oxygen atoms in total. The van der Waals surface area contributed by atoms with Crippen LogP contribution in [0.25, 0.3) is 0 Å². The van der Waals surface area contributed by atoms with Crippen LogP contribution in [-0.4, -0.2) is 26.7 Å². The third-order valence-electron chi connectivity index (χ3n) is 4.05. The smallest absolute Gasteiger partial charge is 0.225 e. The summed E-state index contributed by atoms with van der Waals surface area (Å²) < 4.78 is 10.5. The maximum Gasteiger partial charge on any atom is 0.225 e. The Bertz CT molecular complexity index is 709. The van der Waals surface area contributed by atoms with Crippen LogP contribution in [0, 0.1) is 13.8 Å². The molecule has 2 rings (SSSR count). The first-order valence-electron chi connectivity index (χ1n) is 8.33. The molecular weight excluding hydrogens is 316 g/mol. The zero-order valence-electron chi connectivity index (χ0n) is 15.3. The fourth-order valence-electron chi connectivity index (χ4n) is 2.64. The molecule has 0 aromatic heterocycles. The van der Waals surface area contributed by atoms with E-state index in [4.69, 9.17) is 9.47 Å². The molecule has 0 atom stereocenters. The van der Waals surface area contributed by atoms with E-state index in [0.717, 1.165) is 22.4 Å². The summed E-state index contributed by atoms with van der Waals surface area (Å²) in [4.78, 5) is 12.1. The molecule has 134 valence electrons. The van der Waals surface area contributed by atoms with Gasteiger partial charge in [-0.05, 0) is 42.7 Å². The quantitative estimate of drug-likeness (QED) is 0.722. The molecule has 2 N–H and O–H groups in total. The maximum atomic E-state index is 12.1. The Morgan fingerprint density at radius 3 is 2.32 bits per heavy atom. The number of ether oxygens (including phenoxy) is 2. The van der Waals surface area contributed by atoms with Crippen molar-refractivity contribution in [1.29, 1.82) is 0 Å². The zero-order valence-corrected chi connectivity index (χ0v) is 15.3. The summed E-state index contributed by atoms with van der Waals surface area (Å²) in [5.74, 6) is 1.42. The topological polar surface area (TPSA) is 59.6 Å². The largest absolute Gasteiger partial charge is 0.493 e. The molecule has 0 aliphatic carbocycles. The lowest BCUT2D eigenvalue weighted by Crippen LogP contribution is -2.22. The van der Waals surface area contributed by atoms with Crippen molar-refractivity contribution < 1.29 is 14.3 Å². The van der Waals surface area contributed by atoms with E-state index in [1.807, 2.05) is 50.2 Å². The van der Waals surface area contributed by atoms with Gasteiger partial charge >= 0.3 is 0 Å². The molecule has 1 amide bonds. The molecular formula is C20H26N2O3. The normalized spacial score (nSPS) is 10.4. The highest BCUT2D eigenvalue weighted by Crippen LogP contribution is 2.27. The zero-order chi connectivity index (χ0) is 18.2. The number of rotatable bonds is 8. The number of aryl methyl sites for hydroxylation is 2. The highest BCUT2D eigenvalue weighted by molar-refractivity contribution is 5.92. The number of amides is 1. The monoisotopic (exact) mass is 342 g/mol. The van der Waals surface area contributed by atoms with E-state index in [-0.39, 0.29) is 5.91 Å². The van der Waals surface area contributed by atoms with Gasteiger partial charge in [-0.2, -0.15) is 0 Å². The van der Waals surface area contributed by atoms with Gasteiger partial charge in [-0.1, -0.05) is 24.3 Å². The second-order valence-electron chi connectivity index (χ2n) is 5.93. The second kappa shape index (κ2) is 9.08. The molecule has 0 heterocycles. The van der Waals surface area contributed by atoms with Crippen LogP contribution < -0.4 is 20.1 Å². The van der Waals surface area contributed by atoms with Crippen molar-refractivity contribution in [2.45, 2.75) is 26.8 Å². The van der Waals surface area contributed by atoms with Gasteiger partial charge in [-0.25, -0.2) is 0 Å². The number of benzene rings is 2. The Labute approximate surface area is 149 Å². The maximum absolute atomic E-state index is 12.1. The van der Waals surface area contributed by atoms with Gasteiger partial charge in [0.2, 0.25) is 5.91 Å².